The van der Waals surface area contributed by atoms with E-state index in [2.05, 4.69) is 10.1 Å². The molecule has 2 aromatic heterocycles. The van der Waals surface area contributed by atoms with Gasteiger partial charge in [0.15, 0.2) is 0 Å². The average Bonchev–Trinajstić information content (AvgIpc) is 2.42. The molecule has 0 aliphatic heterocycles. The van der Waals surface area contributed by atoms with E-state index in [1.807, 2.05) is 25.1 Å². The Labute approximate surface area is 116 Å². The standard InChI is InChI=1S/C13H14N4OS/c1-2-7-17-13(18)9(12(14)19)8-11(16-17)10-5-3-4-6-15-10/h3-6,8H,2,7H2,1H3,(H2,14,19). The van der Waals surface area contributed by atoms with Crippen molar-refractivity contribution in [3.63, 3.8) is 0 Å². The Hall–Kier alpha value is -2.08. The number of thiocarbonyl (C=S) groups is 1. The Morgan fingerprint density at radius 3 is 2.79 bits per heavy atom. The van der Waals surface area contributed by atoms with Gasteiger partial charge in [-0.1, -0.05) is 25.2 Å². The molecule has 98 valence electrons. The van der Waals surface area contributed by atoms with Gasteiger partial charge in [0.05, 0.1) is 11.3 Å². The Balaban J connectivity index is 2.63. The third kappa shape index (κ3) is 2.85. The number of pyridine rings is 1. The highest BCUT2D eigenvalue weighted by Crippen LogP contribution is 2.13. The Kier molecular flexibility index (Phi) is 4.01. The number of aryl methyl sites for hydroxylation is 1. The summed E-state index contributed by atoms with van der Waals surface area (Å²) in [5.74, 6) is 0. The first-order chi connectivity index (χ1) is 9.13. The van der Waals surface area contributed by atoms with Crippen molar-refractivity contribution in [1.29, 1.82) is 0 Å². The smallest absolute Gasteiger partial charge is 0.277 e. The summed E-state index contributed by atoms with van der Waals surface area (Å²) < 4.78 is 1.39. The normalized spacial score (nSPS) is 10.4. The van der Waals surface area contributed by atoms with Crippen molar-refractivity contribution < 1.29 is 0 Å². The van der Waals surface area contributed by atoms with E-state index in [1.165, 1.54) is 4.68 Å². The van der Waals surface area contributed by atoms with E-state index in [1.54, 1.807) is 12.3 Å². The van der Waals surface area contributed by atoms with Crippen LogP contribution in [0.25, 0.3) is 11.4 Å². The lowest BCUT2D eigenvalue weighted by molar-refractivity contribution is 0.569. The van der Waals surface area contributed by atoms with Crippen molar-refractivity contribution in [1.82, 2.24) is 14.8 Å². The number of hydrogen-bond donors (Lipinski definition) is 1. The molecule has 0 aliphatic carbocycles. The van der Waals surface area contributed by atoms with Gasteiger partial charge in [0.1, 0.15) is 10.7 Å². The molecule has 6 heteroatoms. The predicted octanol–water partition coefficient (Wildman–Crippen LogP) is 1.35. The second-order valence-corrected chi connectivity index (χ2v) is 4.49. The van der Waals surface area contributed by atoms with Crippen LogP contribution in [-0.2, 0) is 6.54 Å². The lowest BCUT2D eigenvalue weighted by atomic mass is 10.2. The van der Waals surface area contributed by atoms with E-state index in [-0.39, 0.29) is 10.5 Å². The summed E-state index contributed by atoms with van der Waals surface area (Å²) in [7, 11) is 0. The van der Waals surface area contributed by atoms with Gasteiger partial charge in [0.25, 0.3) is 5.56 Å². The Bertz CT molecular complexity index is 651. The van der Waals surface area contributed by atoms with Crippen LogP contribution in [0.3, 0.4) is 0 Å². The molecule has 19 heavy (non-hydrogen) atoms. The molecule has 0 atom stereocenters. The van der Waals surface area contributed by atoms with E-state index in [4.69, 9.17) is 18.0 Å². The van der Waals surface area contributed by atoms with Gasteiger partial charge in [0.2, 0.25) is 0 Å². The van der Waals surface area contributed by atoms with E-state index < -0.39 is 0 Å². The zero-order chi connectivity index (χ0) is 13.8. The summed E-state index contributed by atoms with van der Waals surface area (Å²) in [6, 6.07) is 7.10. The highest BCUT2D eigenvalue weighted by Gasteiger charge is 2.11. The van der Waals surface area contributed by atoms with E-state index in [0.717, 1.165) is 6.42 Å². The van der Waals surface area contributed by atoms with Crippen molar-refractivity contribution in [2.24, 2.45) is 5.73 Å². The number of aromatic nitrogens is 3. The summed E-state index contributed by atoms with van der Waals surface area (Å²) in [5.41, 5.74) is 6.92. The lowest BCUT2D eigenvalue weighted by Crippen LogP contribution is -2.31. The minimum Gasteiger partial charge on any atom is -0.389 e. The molecule has 2 heterocycles. The summed E-state index contributed by atoms with van der Waals surface area (Å²) in [4.78, 5) is 16.4. The topological polar surface area (TPSA) is 73.8 Å². The zero-order valence-corrected chi connectivity index (χ0v) is 11.4. The van der Waals surface area contributed by atoms with Gasteiger partial charge in [-0.3, -0.25) is 9.78 Å². The molecule has 0 aliphatic rings. The summed E-state index contributed by atoms with van der Waals surface area (Å²) in [6.45, 7) is 2.50. The summed E-state index contributed by atoms with van der Waals surface area (Å²) >= 11 is 4.92. The SMILES string of the molecule is CCCn1nc(-c2ccccn2)cc(C(N)=S)c1=O. The number of nitrogens with two attached hydrogens (primary N) is 1. The maximum atomic E-state index is 12.1. The largest absolute Gasteiger partial charge is 0.389 e. The molecule has 0 saturated heterocycles. The minimum absolute atomic E-state index is 0.0782. The van der Waals surface area contributed by atoms with Crippen LogP contribution in [0.5, 0.6) is 0 Å². The van der Waals surface area contributed by atoms with Crippen LogP contribution in [0.2, 0.25) is 0 Å². The van der Waals surface area contributed by atoms with Crippen LogP contribution in [-0.4, -0.2) is 19.8 Å². The Morgan fingerprint density at radius 1 is 1.42 bits per heavy atom. The molecule has 0 amide bonds. The second kappa shape index (κ2) is 5.71. The van der Waals surface area contributed by atoms with Gasteiger partial charge in [0, 0.05) is 12.7 Å². The van der Waals surface area contributed by atoms with E-state index >= 15 is 0 Å². The fourth-order valence-electron chi connectivity index (χ4n) is 1.72. The predicted molar refractivity (Wildman–Crippen MR) is 77.9 cm³/mol. The van der Waals surface area contributed by atoms with Crippen molar-refractivity contribution >= 4 is 17.2 Å². The summed E-state index contributed by atoms with van der Waals surface area (Å²) in [5, 5.41) is 4.30. The number of nitrogens with zero attached hydrogens (tertiary/aromatic N) is 3. The van der Waals surface area contributed by atoms with Gasteiger partial charge in [-0.2, -0.15) is 5.10 Å². The van der Waals surface area contributed by atoms with Gasteiger partial charge in [-0.25, -0.2) is 4.68 Å². The average molecular weight is 274 g/mol. The van der Waals surface area contributed by atoms with Crippen molar-refractivity contribution in [3.05, 3.63) is 46.4 Å². The highest BCUT2D eigenvalue weighted by atomic mass is 32.1. The van der Waals surface area contributed by atoms with Crippen molar-refractivity contribution in [2.75, 3.05) is 0 Å². The fourth-order valence-corrected chi connectivity index (χ4v) is 1.87. The lowest BCUT2D eigenvalue weighted by Gasteiger charge is -2.08. The number of rotatable bonds is 4. The van der Waals surface area contributed by atoms with Crippen LogP contribution < -0.4 is 11.3 Å². The third-order valence-corrected chi connectivity index (χ3v) is 2.82. The van der Waals surface area contributed by atoms with Crippen LogP contribution >= 0.6 is 12.2 Å². The second-order valence-electron chi connectivity index (χ2n) is 4.05. The molecule has 0 fully saturated rings. The van der Waals surface area contributed by atoms with Crippen LogP contribution in [0.4, 0.5) is 0 Å². The van der Waals surface area contributed by atoms with Crippen molar-refractivity contribution in [3.8, 4) is 11.4 Å². The highest BCUT2D eigenvalue weighted by molar-refractivity contribution is 7.80. The zero-order valence-electron chi connectivity index (χ0n) is 10.5. The first-order valence-corrected chi connectivity index (χ1v) is 6.37. The van der Waals surface area contributed by atoms with Crippen LogP contribution in [0.1, 0.15) is 18.9 Å². The molecule has 0 spiro atoms. The molecule has 5 nitrogen and oxygen atoms in total. The molecule has 0 saturated carbocycles. The van der Waals surface area contributed by atoms with Crippen LogP contribution in [0.15, 0.2) is 35.3 Å². The quantitative estimate of drug-likeness (QED) is 0.852. The Morgan fingerprint density at radius 2 is 2.21 bits per heavy atom. The third-order valence-electron chi connectivity index (χ3n) is 2.60. The maximum absolute atomic E-state index is 12.1. The molecule has 0 bridgehead atoms. The van der Waals surface area contributed by atoms with Gasteiger partial charge in [-0.05, 0) is 24.6 Å². The summed E-state index contributed by atoms with van der Waals surface area (Å²) in [6.07, 6.45) is 2.47. The van der Waals surface area contributed by atoms with Gasteiger partial charge in [-0.15, -0.1) is 0 Å². The molecular weight excluding hydrogens is 260 g/mol. The number of hydrogen-bond acceptors (Lipinski definition) is 4. The van der Waals surface area contributed by atoms with E-state index in [0.29, 0.717) is 23.5 Å². The monoisotopic (exact) mass is 274 g/mol. The molecule has 0 unspecified atom stereocenters. The molecule has 2 rings (SSSR count). The van der Waals surface area contributed by atoms with Crippen molar-refractivity contribution in [2.45, 2.75) is 19.9 Å². The molecule has 0 aromatic carbocycles. The molecule has 0 radical (unpaired) electrons. The van der Waals surface area contributed by atoms with Gasteiger partial charge >= 0.3 is 0 Å². The first-order valence-electron chi connectivity index (χ1n) is 5.97. The fraction of sp³-hybridized carbons (Fsp3) is 0.231. The maximum Gasteiger partial charge on any atom is 0.277 e. The molecular formula is C13H14N4OS. The van der Waals surface area contributed by atoms with Crippen LogP contribution in [0, 0.1) is 0 Å². The minimum atomic E-state index is -0.256. The molecule has 2 N–H and O–H groups in total. The van der Waals surface area contributed by atoms with Gasteiger partial charge < -0.3 is 5.73 Å². The van der Waals surface area contributed by atoms with E-state index in [9.17, 15) is 4.79 Å². The molecule has 2 aromatic rings. The first kappa shape index (κ1) is 13.4.